The van der Waals surface area contributed by atoms with E-state index >= 15 is 0 Å². The fourth-order valence-corrected chi connectivity index (χ4v) is 2.48. The number of rotatable bonds is 8. The van der Waals surface area contributed by atoms with Crippen LogP contribution in [0.5, 0.6) is 0 Å². The lowest BCUT2D eigenvalue weighted by molar-refractivity contribution is 0.0168. The van der Waals surface area contributed by atoms with E-state index in [1.165, 1.54) is 0 Å². The van der Waals surface area contributed by atoms with Crippen LogP contribution in [-0.4, -0.2) is 45.5 Å². The second-order valence-corrected chi connectivity index (χ2v) is 5.72. The van der Waals surface area contributed by atoms with Gasteiger partial charge in [0.2, 0.25) is 0 Å². The monoisotopic (exact) mass is 330 g/mol. The molecule has 24 heavy (non-hydrogen) atoms. The van der Waals surface area contributed by atoms with Crippen LogP contribution in [0, 0.1) is 11.3 Å². The number of guanidine groups is 1. The van der Waals surface area contributed by atoms with Crippen molar-refractivity contribution in [3.8, 4) is 6.07 Å². The molecule has 1 heterocycles. The first kappa shape index (κ1) is 18.2. The van der Waals surface area contributed by atoms with Crippen molar-refractivity contribution in [2.24, 2.45) is 4.99 Å². The van der Waals surface area contributed by atoms with Crippen molar-refractivity contribution in [2.45, 2.75) is 31.9 Å². The lowest BCUT2D eigenvalue weighted by atomic mass is 10.1. The van der Waals surface area contributed by atoms with E-state index in [0.29, 0.717) is 24.8 Å². The van der Waals surface area contributed by atoms with Crippen LogP contribution in [0.25, 0.3) is 0 Å². The predicted molar refractivity (Wildman–Crippen MR) is 93.8 cm³/mol. The Morgan fingerprint density at radius 3 is 2.88 bits per heavy atom. The summed E-state index contributed by atoms with van der Waals surface area (Å²) in [7, 11) is 1.75. The largest absolute Gasteiger partial charge is 0.379 e. The topological polar surface area (TPSA) is 78.7 Å². The highest BCUT2D eigenvalue weighted by Crippen LogP contribution is 2.11. The molecule has 1 fully saturated rings. The third kappa shape index (κ3) is 6.57. The minimum absolute atomic E-state index is 0.291. The highest BCUT2D eigenvalue weighted by Gasteiger charge is 2.14. The Hall–Kier alpha value is -2.10. The van der Waals surface area contributed by atoms with Gasteiger partial charge in [-0.3, -0.25) is 4.99 Å². The van der Waals surface area contributed by atoms with Crippen LogP contribution in [0.3, 0.4) is 0 Å². The molecule has 0 bridgehead atoms. The summed E-state index contributed by atoms with van der Waals surface area (Å²) in [6, 6.07) is 9.64. The van der Waals surface area contributed by atoms with Crippen LogP contribution < -0.4 is 10.6 Å². The molecule has 1 saturated heterocycles. The molecular weight excluding hydrogens is 304 g/mol. The molecule has 6 nitrogen and oxygen atoms in total. The Morgan fingerprint density at radius 1 is 1.38 bits per heavy atom. The SMILES string of the molecule is CN=C(NCCCOCC1CCCO1)NCc1ccc(C#N)cc1. The Morgan fingerprint density at radius 2 is 2.21 bits per heavy atom. The van der Waals surface area contributed by atoms with Crippen molar-refractivity contribution in [3.63, 3.8) is 0 Å². The van der Waals surface area contributed by atoms with E-state index in [2.05, 4.69) is 21.7 Å². The summed E-state index contributed by atoms with van der Waals surface area (Å²) in [5, 5.41) is 15.3. The van der Waals surface area contributed by atoms with Crippen molar-refractivity contribution < 1.29 is 9.47 Å². The molecule has 1 aromatic carbocycles. The molecule has 0 spiro atoms. The maximum Gasteiger partial charge on any atom is 0.191 e. The molecular formula is C18H26N4O2. The van der Waals surface area contributed by atoms with Gasteiger partial charge >= 0.3 is 0 Å². The summed E-state index contributed by atoms with van der Waals surface area (Å²) < 4.78 is 11.1. The van der Waals surface area contributed by atoms with Crippen molar-refractivity contribution >= 4 is 5.96 Å². The van der Waals surface area contributed by atoms with Gasteiger partial charge in [-0.05, 0) is 37.0 Å². The molecule has 0 aromatic heterocycles. The molecule has 130 valence electrons. The highest BCUT2D eigenvalue weighted by atomic mass is 16.5. The third-order valence-corrected chi connectivity index (χ3v) is 3.85. The zero-order valence-electron chi connectivity index (χ0n) is 14.3. The second kappa shape index (κ2) is 10.6. The molecule has 1 atom stereocenters. The first-order valence-corrected chi connectivity index (χ1v) is 8.44. The molecule has 6 heteroatoms. The van der Waals surface area contributed by atoms with Crippen LogP contribution in [0.4, 0.5) is 0 Å². The Labute approximate surface area is 143 Å². The summed E-state index contributed by atoms with van der Waals surface area (Å²) in [6.07, 6.45) is 3.48. The summed E-state index contributed by atoms with van der Waals surface area (Å²) in [5.74, 6) is 0.762. The van der Waals surface area contributed by atoms with Gasteiger partial charge in [-0.1, -0.05) is 12.1 Å². The zero-order chi connectivity index (χ0) is 17.0. The lowest BCUT2D eigenvalue weighted by Crippen LogP contribution is -2.37. The number of nitrogens with one attached hydrogen (secondary N) is 2. The number of nitrogens with zero attached hydrogens (tertiary/aromatic N) is 2. The predicted octanol–water partition coefficient (Wildman–Crippen LogP) is 1.81. The first-order chi connectivity index (χ1) is 11.8. The van der Waals surface area contributed by atoms with Gasteiger partial charge in [0.15, 0.2) is 5.96 Å². The standard InChI is InChI=1S/C18H26N4O2/c1-20-18(22-13-16-7-5-15(12-19)6-8-16)21-9-3-10-23-14-17-4-2-11-24-17/h5-8,17H,2-4,9-11,13-14H2,1H3,(H2,20,21,22). The summed E-state index contributed by atoms with van der Waals surface area (Å²) in [4.78, 5) is 4.20. The summed E-state index contributed by atoms with van der Waals surface area (Å²) >= 11 is 0. The maximum absolute atomic E-state index is 8.79. The van der Waals surface area contributed by atoms with E-state index in [1.807, 2.05) is 24.3 Å². The lowest BCUT2D eigenvalue weighted by Gasteiger charge is -2.13. The molecule has 0 saturated carbocycles. The number of hydrogen-bond donors (Lipinski definition) is 2. The fraction of sp³-hybridized carbons (Fsp3) is 0.556. The number of benzene rings is 1. The molecule has 2 rings (SSSR count). The van der Waals surface area contributed by atoms with E-state index in [9.17, 15) is 0 Å². The quantitative estimate of drug-likeness (QED) is 0.432. The van der Waals surface area contributed by atoms with Crippen LogP contribution in [-0.2, 0) is 16.0 Å². The van der Waals surface area contributed by atoms with Crippen LogP contribution in [0.1, 0.15) is 30.4 Å². The van der Waals surface area contributed by atoms with Crippen molar-refractivity contribution in [2.75, 3.05) is 33.4 Å². The number of hydrogen-bond acceptors (Lipinski definition) is 4. The minimum Gasteiger partial charge on any atom is -0.379 e. The molecule has 0 amide bonds. The van der Waals surface area contributed by atoms with E-state index in [4.69, 9.17) is 14.7 Å². The van der Waals surface area contributed by atoms with E-state index in [1.54, 1.807) is 7.05 Å². The van der Waals surface area contributed by atoms with Gasteiger partial charge < -0.3 is 20.1 Å². The van der Waals surface area contributed by atoms with Gasteiger partial charge in [0.1, 0.15) is 0 Å². The van der Waals surface area contributed by atoms with Gasteiger partial charge in [-0.25, -0.2) is 0 Å². The molecule has 1 unspecified atom stereocenters. The van der Waals surface area contributed by atoms with Gasteiger partial charge in [-0.15, -0.1) is 0 Å². The number of aliphatic imine (C=N–C) groups is 1. The molecule has 2 N–H and O–H groups in total. The van der Waals surface area contributed by atoms with Crippen LogP contribution in [0.2, 0.25) is 0 Å². The maximum atomic E-state index is 8.79. The van der Waals surface area contributed by atoms with Crippen molar-refractivity contribution in [1.82, 2.24) is 10.6 Å². The zero-order valence-corrected chi connectivity index (χ0v) is 14.3. The van der Waals surface area contributed by atoms with Crippen LogP contribution >= 0.6 is 0 Å². The van der Waals surface area contributed by atoms with Crippen molar-refractivity contribution in [3.05, 3.63) is 35.4 Å². The first-order valence-electron chi connectivity index (χ1n) is 8.44. The van der Waals surface area contributed by atoms with Gasteiger partial charge in [0, 0.05) is 33.4 Å². The molecule has 1 aliphatic rings. The minimum atomic E-state index is 0.291. The molecule has 0 radical (unpaired) electrons. The molecule has 1 aromatic rings. The third-order valence-electron chi connectivity index (χ3n) is 3.85. The normalized spacial score (nSPS) is 17.5. The van der Waals surface area contributed by atoms with E-state index in [-0.39, 0.29) is 0 Å². The molecule has 0 aliphatic carbocycles. The average molecular weight is 330 g/mol. The number of nitriles is 1. The highest BCUT2D eigenvalue weighted by molar-refractivity contribution is 5.79. The Balaban J connectivity index is 1.55. The summed E-state index contributed by atoms with van der Waals surface area (Å²) in [5.41, 5.74) is 1.78. The molecule has 1 aliphatic heterocycles. The van der Waals surface area contributed by atoms with Crippen molar-refractivity contribution in [1.29, 1.82) is 5.26 Å². The van der Waals surface area contributed by atoms with Gasteiger partial charge in [0.25, 0.3) is 0 Å². The van der Waals surface area contributed by atoms with E-state index in [0.717, 1.165) is 50.5 Å². The Kier molecular flexibility index (Phi) is 8.08. The second-order valence-electron chi connectivity index (χ2n) is 5.72. The van der Waals surface area contributed by atoms with Gasteiger partial charge in [-0.2, -0.15) is 5.26 Å². The van der Waals surface area contributed by atoms with Gasteiger partial charge in [0.05, 0.1) is 24.3 Å². The van der Waals surface area contributed by atoms with E-state index < -0.39 is 0 Å². The Bertz CT molecular complexity index is 545. The number of ether oxygens (including phenoxy) is 2. The average Bonchev–Trinajstić information content (AvgIpc) is 3.14. The smallest absolute Gasteiger partial charge is 0.191 e. The van der Waals surface area contributed by atoms with Crippen LogP contribution in [0.15, 0.2) is 29.3 Å². The summed E-state index contributed by atoms with van der Waals surface area (Å²) in [6.45, 7) is 3.77. The fourth-order valence-electron chi connectivity index (χ4n) is 2.48.